The molecular formula is C8H15F2NO. The van der Waals surface area contributed by atoms with Crippen molar-refractivity contribution in [1.29, 1.82) is 0 Å². The Hall–Kier alpha value is -0.220. The number of hydrogen-bond acceptors (Lipinski definition) is 2. The second-order valence-corrected chi connectivity index (χ2v) is 3.20. The molecule has 0 amide bonds. The average molecular weight is 179 g/mol. The molecule has 4 heteroatoms. The van der Waals surface area contributed by atoms with Crippen molar-refractivity contribution >= 4 is 0 Å². The third-order valence-electron chi connectivity index (χ3n) is 2.30. The van der Waals surface area contributed by atoms with Crippen LogP contribution >= 0.6 is 0 Å². The standard InChI is InChI=1S/C8H15F2NO/c1-12-5-3-7-2-4-11-6-8(7,9)10/h7,11H,2-6H2,1H3. The quantitative estimate of drug-likeness (QED) is 0.704. The van der Waals surface area contributed by atoms with Crippen molar-refractivity contribution in [3.8, 4) is 0 Å². The van der Waals surface area contributed by atoms with Crippen LogP contribution in [-0.2, 0) is 4.74 Å². The van der Waals surface area contributed by atoms with E-state index in [4.69, 9.17) is 4.74 Å². The van der Waals surface area contributed by atoms with Crippen molar-refractivity contribution in [1.82, 2.24) is 5.32 Å². The SMILES string of the molecule is COCCC1CCNCC1(F)F. The van der Waals surface area contributed by atoms with Crippen LogP contribution in [0, 0.1) is 5.92 Å². The molecule has 1 rings (SSSR count). The highest BCUT2D eigenvalue weighted by molar-refractivity contribution is 4.84. The molecule has 0 aromatic heterocycles. The Bertz CT molecular complexity index is 141. The maximum absolute atomic E-state index is 13.1. The fraction of sp³-hybridized carbons (Fsp3) is 1.00. The summed E-state index contributed by atoms with van der Waals surface area (Å²) in [6.45, 7) is 0.950. The number of rotatable bonds is 3. The van der Waals surface area contributed by atoms with E-state index in [1.165, 1.54) is 0 Å². The van der Waals surface area contributed by atoms with E-state index in [0.717, 1.165) is 0 Å². The second-order valence-electron chi connectivity index (χ2n) is 3.20. The van der Waals surface area contributed by atoms with Crippen molar-refractivity contribution in [2.75, 3.05) is 26.8 Å². The fourth-order valence-electron chi connectivity index (χ4n) is 1.50. The van der Waals surface area contributed by atoms with Crippen LogP contribution in [0.2, 0.25) is 0 Å². The number of hydrogen-bond donors (Lipinski definition) is 1. The Labute approximate surface area is 71.3 Å². The molecule has 1 aliphatic rings. The van der Waals surface area contributed by atoms with E-state index in [9.17, 15) is 8.78 Å². The average Bonchev–Trinajstić information content (AvgIpc) is 2.02. The summed E-state index contributed by atoms with van der Waals surface area (Å²) in [7, 11) is 1.54. The molecule has 0 radical (unpaired) electrons. The topological polar surface area (TPSA) is 21.3 Å². The van der Waals surface area contributed by atoms with Gasteiger partial charge in [-0.3, -0.25) is 0 Å². The number of alkyl halides is 2. The molecule has 1 unspecified atom stereocenters. The lowest BCUT2D eigenvalue weighted by atomic mass is 9.91. The molecule has 72 valence electrons. The molecule has 1 aliphatic heterocycles. The molecule has 0 aromatic carbocycles. The highest BCUT2D eigenvalue weighted by Crippen LogP contribution is 2.31. The normalized spacial score (nSPS) is 28.8. The van der Waals surface area contributed by atoms with Gasteiger partial charge in [0.1, 0.15) is 0 Å². The molecule has 0 saturated carbocycles. The van der Waals surface area contributed by atoms with Crippen LogP contribution in [0.3, 0.4) is 0 Å². The molecule has 1 atom stereocenters. The molecule has 12 heavy (non-hydrogen) atoms. The fourth-order valence-corrected chi connectivity index (χ4v) is 1.50. The van der Waals surface area contributed by atoms with E-state index in [0.29, 0.717) is 26.0 Å². The summed E-state index contributed by atoms with van der Waals surface area (Å²) in [6.07, 6.45) is 1.02. The van der Waals surface area contributed by atoms with E-state index in [2.05, 4.69) is 5.32 Å². The van der Waals surface area contributed by atoms with Gasteiger partial charge in [0.15, 0.2) is 0 Å². The summed E-state index contributed by atoms with van der Waals surface area (Å²) in [5.74, 6) is -3.05. The molecular weight excluding hydrogens is 164 g/mol. The first-order chi connectivity index (χ1) is 5.67. The lowest BCUT2D eigenvalue weighted by Crippen LogP contribution is -2.46. The molecule has 0 bridgehead atoms. The second kappa shape index (κ2) is 4.14. The number of halogens is 2. The zero-order valence-corrected chi connectivity index (χ0v) is 7.28. The third kappa shape index (κ3) is 2.38. The van der Waals surface area contributed by atoms with Crippen LogP contribution in [0.4, 0.5) is 8.78 Å². The minimum atomic E-state index is -2.54. The summed E-state index contributed by atoms with van der Waals surface area (Å²) in [6, 6.07) is 0. The van der Waals surface area contributed by atoms with Crippen molar-refractivity contribution in [3.63, 3.8) is 0 Å². The zero-order valence-electron chi connectivity index (χ0n) is 7.28. The summed E-state index contributed by atoms with van der Waals surface area (Å²) >= 11 is 0. The van der Waals surface area contributed by atoms with Crippen molar-refractivity contribution < 1.29 is 13.5 Å². The lowest BCUT2D eigenvalue weighted by Gasteiger charge is -2.31. The minimum Gasteiger partial charge on any atom is -0.385 e. The summed E-state index contributed by atoms with van der Waals surface area (Å²) < 4.78 is 30.9. The van der Waals surface area contributed by atoms with Gasteiger partial charge in [0, 0.05) is 19.6 Å². The number of piperidine rings is 1. The minimum absolute atomic E-state index is 0.179. The zero-order chi connectivity index (χ0) is 9.03. The molecule has 1 N–H and O–H groups in total. The van der Waals surface area contributed by atoms with Crippen LogP contribution < -0.4 is 5.32 Å². The van der Waals surface area contributed by atoms with Gasteiger partial charge in [-0.15, -0.1) is 0 Å². The van der Waals surface area contributed by atoms with Crippen LogP contribution in [0.5, 0.6) is 0 Å². The summed E-state index contributed by atoms with van der Waals surface area (Å²) in [5.41, 5.74) is 0. The van der Waals surface area contributed by atoms with E-state index >= 15 is 0 Å². The molecule has 1 heterocycles. The van der Waals surface area contributed by atoms with Gasteiger partial charge < -0.3 is 10.1 Å². The number of nitrogens with one attached hydrogen (secondary N) is 1. The number of ether oxygens (including phenoxy) is 1. The van der Waals surface area contributed by atoms with Crippen molar-refractivity contribution in [3.05, 3.63) is 0 Å². The maximum atomic E-state index is 13.1. The summed E-state index contributed by atoms with van der Waals surface area (Å²) in [5, 5.41) is 2.69. The smallest absolute Gasteiger partial charge is 0.263 e. The molecule has 2 nitrogen and oxygen atoms in total. The Kier molecular flexibility index (Phi) is 3.40. The largest absolute Gasteiger partial charge is 0.385 e. The van der Waals surface area contributed by atoms with Crippen molar-refractivity contribution in [2.45, 2.75) is 18.8 Å². The van der Waals surface area contributed by atoms with Crippen LogP contribution in [0.25, 0.3) is 0 Å². The molecule has 1 saturated heterocycles. The number of methoxy groups -OCH3 is 1. The van der Waals surface area contributed by atoms with Gasteiger partial charge in [0.2, 0.25) is 0 Å². The Morgan fingerprint density at radius 2 is 2.33 bits per heavy atom. The Morgan fingerprint density at radius 1 is 1.58 bits per heavy atom. The van der Waals surface area contributed by atoms with E-state index in [1.807, 2.05) is 0 Å². The summed E-state index contributed by atoms with van der Waals surface area (Å²) in [4.78, 5) is 0. The molecule has 0 aliphatic carbocycles. The first-order valence-corrected chi connectivity index (χ1v) is 4.24. The monoisotopic (exact) mass is 179 g/mol. The molecule has 1 fully saturated rings. The van der Waals surface area contributed by atoms with Gasteiger partial charge >= 0.3 is 0 Å². The van der Waals surface area contributed by atoms with E-state index < -0.39 is 11.8 Å². The molecule has 0 aromatic rings. The third-order valence-corrected chi connectivity index (χ3v) is 2.30. The van der Waals surface area contributed by atoms with Gasteiger partial charge in [-0.2, -0.15) is 0 Å². The Morgan fingerprint density at radius 3 is 2.92 bits per heavy atom. The predicted molar refractivity (Wildman–Crippen MR) is 42.4 cm³/mol. The van der Waals surface area contributed by atoms with E-state index in [-0.39, 0.29) is 6.54 Å². The van der Waals surface area contributed by atoms with Gasteiger partial charge in [-0.25, -0.2) is 8.78 Å². The van der Waals surface area contributed by atoms with E-state index in [1.54, 1.807) is 7.11 Å². The van der Waals surface area contributed by atoms with Crippen LogP contribution in [0.1, 0.15) is 12.8 Å². The van der Waals surface area contributed by atoms with Crippen LogP contribution in [0.15, 0.2) is 0 Å². The maximum Gasteiger partial charge on any atom is 0.263 e. The van der Waals surface area contributed by atoms with Crippen molar-refractivity contribution in [2.24, 2.45) is 5.92 Å². The van der Waals surface area contributed by atoms with Gasteiger partial charge in [-0.05, 0) is 19.4 Å². The first-order valence-electron chi connectivity index (χ1n) is 4.24. The highest BCUT2D eigenvalue weighted by atomic mass is 19.3. The highest BCUT2D eigenvalue weighted by Gasteiger charge is 2.40. The van der Waals surface area contributed by atoms with Gasteiger partial charge in [-0.1, -0.05) is 0 Å². The predicted octanol–water partition coefficient (Wildman–Crippen LogP) is 1.27. The first kappa shape index (κ1) is 9.86. The van der Waals surface area contributed by atoms with Crippen LogP contribution in [-0.4, -0.2) is 32.7 Å². The van der Waals surface area contributed by atoms with Gasteiger partial charge in [0.05, 0.1) is 6.54 Å². The van der Waals surface area contributed by atoms with Gasteiger partial charge in [0.25, 0.3) is 5.92 Å². The lowest BCUT2D eigenvalue weighted by molar-refractivity contribution is -0.0812. The molecule has 0 spiro atoms. The Balaban J connectivity index is 2.37.